The van der Waals surface area contributed by atoms with Crippen LogP contribution in [0.2, 0.25) is 0 Å². The minimum absolute atomic E-state index is 0.0322. The Morgan fingerprint density at radius 1 is 1.18 bits per heavy atom. The maximum atomic E-state index is 13.8. The molecule has 1 aromatic heterocycles. The van der Waals surface area contributed by atoms with E-state index < -0.39 is 61.9 Å². The normalized spacial score (nSPS) is 10.9. The molecule has 3 rings (SSSR count). The van der Waals surface area contributed by atoms with Gasteiger partial charge in [0.15, 0.2) is 6.61 Å². The fourth-order valence-electron chi connectivity index (χ4n) is 2.50. The highest BCUT2D eigenvalue weighted by atomic mass is 32.2. The number of nitro benzene ring substituents is 1. The summed E-state index contributed by atoms with van der Waals surface area (Å²) in [4.78, 5) is 34.2. The number of sulfonamides is 1. The molecule has 0 bridgehead atoms. The van der Waals surface area contributed by atoms with E-state index in [9.17, 15) is 37.6 Å². The third kappa shape index (κ3) is 5.81. The number of anilines is 2. The van der Waals surface area contributed by atoms with Gasteiger partial charge in [0.05, 0.1) is 10.6 Å². The van der Waals surface area contributed by atoms with Crippen LogP contribution in [-0.2, 0) is 19.6 Å². The van der Waals surface area contributed by atoms with Gasteiger partial charge < -0.3 is 15.2 Å². The second-order valence-electron chi connectivity index (χ2n) is 6.32. The van der Waals surface area contributed by atoms with Gasteiger partial charge in [0.2, 0.25) is 0 Å². The van der Waals surface area contributed by atoms with Crippen molar-refractivity contribution >= 4 is 50.3 Å². The molecule has 0 saturated heterocycles. The van der Waals surface area contributed by atoms with E-state index >= 15 is 0 Å². The number of amides is 1. The molecule has 0 aliphatic carbocycles. The van der Waals surface area contributed by atoms with Gasteiger partial charge in [-0.1, -0.05) is 6.07 Å². The molecule has 14 heteroatoms. The first-order valence-electron chi connectivity index (χ1n) is 8.87. The number of nitrogens with zero attached hydrogens (tertiary/aromatic N) is 1. The van der Waals surface area contributed by atoms with E-state index in [-0.39, 0.29) is 9.90 Å². The number of thiophene rings is 1. The first-order valence-corrected chi connectivity index (χ1v) is 11.2. The fraction of sp³-hybridized carbons (Fsp3) is 0.0526. The van der Waals surface area contributed by atoms with E-state index in [0.717, 1.165) is 41.7 Å². The van der Waals surface area contributed by atoms with Crippen LogP contribution in [0.1, 0.15) is 10.4 Å². The lowest BCUT2D eigenvalue weighted by Gasteiger charge is -2.10. The molecule has 11 nitrogen and oxygen atoms in total. The Balaban J connectivity index is 1.67. The number of halogens is 1. The quantitative estimate of drug-likeness (QED) is 0.186. The standard InChI is InChI=1S/C19H14FN3O8S2/c20-14-5-4-12(23(27)28)9-15(14)21-17(25)10-31-19(26)13-8-11(3-6-16(13)24)22-33(29,30)18-2-1-7-32-18/h1-9,22,24H,10H2,(H,21,25). The molecule has 0 aliphatic heterocycles. The molecule has 0 fully saturated rings. The number of phenols is 1. The monoisotopic (exact) mass is 495 g/mol. The number of carbonyl (C=O) groups is 2. The van der Waals surface area contributed by atoms with Gasteiger partial charge in [0.1, 0.15) is 21.3 Å². The second kappa shape index (κ2) is 9.62. The zero-order chi connectivity index (χ0) is 24.2. The summed E-state index contributed by atoms with van der Waals surface area (Å²) in [5.41, 5.74) is -1.43. The van der Waals surface area contributed by atoms with Crippen molar-refractivity contribution in [2.24, 2.45) is 0 Å². The zero-order valence-electron chi connectivity index (χ0n) is 16.3. The summed E-state index contributed by atoms with van der Waals surface area (Å²) in [5.74, 6) is -3.65. The van der Waals surface area contributed by atoms with Crippen molar-refractivity contribution in [3.63, 3.8) is 0 Å². The number of hydrogen-bond donors (Lipinski definition) is 3. The summed E-state index contributed by atoms with van der Waals surface area (Å²) in [6.45, 7) is -0.911. The van der Waals surface area contributed by atoms with Crippen molar-refractivity contribution < 1.29 is 37.2 Å². The van der Waals surface area contributed by atoms with Gasteiger partial charge in [-0.3, -0.25) is 19.6 Å². The third-order valence-electron chi connectivity index (χ3n) is 4.00. The Hall–Kier alpha value is -4.04. The molecule has 172 valence electrons. The maximum absolute atomic E-state index is 13.8. The Kier molecular flexibility index (Phi) is 6.89. The number of non-ortho nitro benzene ring substituents is 1. The van der Waals surface area contributed by atoms with Crippen molar-refractivity contribution in [2.75, 3.05) is 16.6 Å². The predicted octanol–water partition coefficient (Wildman–Crippen LogP) is 3.10. The first-order chi connectivity index (χ1) is 15.6. The zero-order valence-corrected chi connectivity index (χ0v) is 18.0. The molecule has 3 N–H and O–H groups in total. The average molecular weight is 495 g/mol. The number of ether oxygens (including phenoxy) is 1. The minimum atomic E-state index is -3.91. The number of benzene rings is 2. The molecule has 1 heterocycles. The number of nitro groups is 1. The average Bonchev–Trinajstić information content (AvgIpc) is 3.31. The highest BCUT2D eigenvalue weighted by Crippen LogP contribution is 2.26. The van der Waals surface area contributed by atoms with Gasteiger partial charge in [0, 0.05) is 17.8 Å². The number of hydrogen-bond acceptors (Lipinski definition) is 9. The van der Waals surface area contributed by atoms with Crippen LogP contribution >= 0.6 is 11.3 Å². The van der Waals surface area contributed by atoms with Crippen LogP contribution in [0, 0.1) is 15.9 Å². The molecule has 3 aromatic rings. The molecule has 2 aromatic carbocycles. The van der Waals surface area contributed by atoms with Gasteiger partial charge in [-0.25, -0.2) is 17.6 Å². The van der Waals surface area contributed by atoms with Crippen LogP contribution in [0.25, 0.3) is 0 Å². The van der Waals surface area contributed by atoms with Crippen LogP contribution in [0.3, 0.4) is 0 Å². The van der Waals surface area contributed by atoms with Crippen molar-refractivity contribution in [3.05, 3.63) is 75.4 Å². The SMILES string of the molecule is O=C(COC(=O)c1cc(NS(=O)(=O)c2cccs2)ccc1O)Nc1cc([N+](=O)[O-])ccc1F. The van der Waals surface area contributed by atoms with Crippen LogP contribution in [0.15, 0.2) is 58.1 Å². The third-order valence-corrected chi connectivity index (χ3v) is 6.78. The maximum Gasteiger partial charge on any atom is 0.342 e. The molecule has 33 heavy (non-hydrogen) atoms. The molecule has 1 amide bonds. The van der Waals surface area contributed by atoms with Crippen molar-refractivity contribution in [3.8, 4) is 5.75 Å². The smallest absolute Gasteiger partial charge is 0.342 e. The lowest BCUT2D eigenvalue weighted by Crippen LogP contribution is -2.21. The Morgan fingerprint density at radius 2 is 1.94 bits per heavy atom. The molecule has 0 saturated carbocycles. The first kappa shape index (κ1) is 23.6. The number of aromatic hydroxyl groups is 1. The van der Waals surface area contributed by atoms with E-state index in [0.29, 0.717) is 0 Å². The van der Waals surface area contributed by atoms with Crippen molar-refractivity contribution in [1.82, 2.24) is 0 Å². The van der Waals surface area contributed by atoms with Crippen LogP contribution < -0.4 is 10.0 Å². The summed E-state index contributed by atoms with van der Waals surface area (Å²) >= 11 is 0.978. The van der Waals surface area contributed by atoms with Crippen LogP contribution in [-0.4, -0.2) is 36.9 Å². The summed E-state index contributed by atoms with van der Waals surface area (Å²) in [7, 11) is -3.91. The molecule has 0 aliphatic rings. The summed E-state index contributed by atoms with van der Waals surface area (Å²) in [6.07, 6.45) is 0. The lowest BCUT2D eigenvalue weighted by molar-refractivity contribution is -0.384. The molecular formula is C19H14FN3O8S2. The van der Waals surface area contributed by atoms with Crippen molar-refractivity contribution in [2.45, 2.75) is 4.21 Å². The van der Waals surface area contributed by atoms with Crippen LogP contribution in [0.4, 0.5) is 21.5 Å². The Morgan fingerprint density at radius 3 is 2.61 bits per heavy atom. The predicted molar refractivity (Wildman–Crippen MR) is 115 cm³/mol. The van der Waals surface area contributed by atoms with Gasteiger partial charge in [-0.15, -0.1) is 11.3 Å². The number of carbonyl (C=O) groups excluding carboxylic acids is 2. The second-order valence-corrected chi connectivity index (χ2v) is 9.17. The summed E-state index contributed by atoms with van der Waals surface area (Å²) in [6, 6.07) is 8.71. The lowest BCUT2D eigenvalue weighted by atomic mass is 10.2. The van der Waals surface area contributed by atoms with E-state index in [2.05, 4.69) is 4.72 Å². The number of esters is 1. The van der Waals surface area contributed by atoms with Gasteiger partial charge in [0.25, 0.3) is 21.6 Å². The van der Waals surface area contributed by atoms with E-state index in [1.54, 1.807) is 11.4 Å². The number of phenolic OH excluding ortho intramolecular Hbond substituents is 1. The molecule has 0 unspecified atom stereocenters. The molecule has 0 atom stereocenters. The van der Waals surface area contributed by atoms with Crippen molar-refractivity contribution in [1.29, 1.82) is 0 Å². The fourth-order valence-corrected chi connectivity index (χ4v) is 4.54. The van der Waals surface area contributed by atoms with Crippen LogP contribution in [0.5, 0.6) is 5.75 Å². The minimum Gasteiger partial charge on any atom is -0.507 e. The van der Waals surface area contributed by atoms with Gasteiger partial charge >= 0.3 is 5.97 Å². The molecular weight excluding hydrogens is 481 g/mol. The highest BCUT2D eigenvalue weighted by molar-refractivity contribution is 7.94. The highest BCUT2D eigenvalue weighted by Gasteiger charge is 2.20. The number of rotatable bonds is 8. The van der Waals surface area contributed by atoms with Gasteiger partial charge in [-0.2, -0.15) is 0 Å². The van der Waals surface area contributed by atoms with E-state index in [4.69, 9.17) is 4.74 Å². The largest absolute Gasteiger partial charge is 0.507 e. The Bertz CT molecular complexity index is 1330. The summed E-state index contributed by atoms with van der Waals surface area (Å²) < 4.78 is 45.4. The number of nitrogens with one attached hydrogen (secondary N) is 2. The van der Waals surface area contributed by atoms with Gasteiger partial charge in [-0.05, 0) is 35.7 Å². The van der Waals surface area contributed by atoms with E-state index in [1.807, 2.05) is 5.32 Å². The molecule has 0 spiro atoms. The summed E-state index contributed by atoms with van der Waals surface area (Å²) in [5, 5.41) is 24.3. The Labute approximate surface area is 189 Å². The molecule has 0 radical (unpaired) electrons. The topological polar surface area (TPSA) is 165 Å². The van der Waals surface area contributed by atoms with E-state index in [1.165, 1.54) is 12.1 Å².